The van der Waals surface area contributed by atoms with E-state index >= 15 is 0 Å². The molecule has 0 bridgehead atoms. The predicted octanol–water partition coefficient (Wildman–Crippen LogP) is 4.73. The van der Waals surface area contributed by atoms with E-state index in [2.05, 4.69) is 10.3 Å². The van der Waals surface area contributed by atoms with Gasteiger partial charge in [-0.25, -0.2) is 4.98 Å². The fourth-order valence-corrected chi connectivity index (χ4v) is 4.11. The van der Waals surface area contributed by atoms with Gasteiger partial charge in [-0.05, 0) is 30.2 Å². The first-order valence-electron chi connectivity index (χ1n) is 8.61. The highest BCUT2D eigenvalue weighted by molar-refractivity contribution is 7.17. The molecule has 0 fully saturated rings. The van der Waals surface area contributed by atoms with Gasteiger partial charge in [-0.1, -0.05) is 48.0 Å². The zero-order valence-corrected chi connectivity index (χ0v) is 16.6. The number of carbonyl (C=O) groups is 1. The van der Waals surface area contributed by atoms with E-state index in [0.717, 1.165) is 16.7 Å². The Labute approximate surface area is 170 Å². The number of aromatic nitrogens is 2. The van der Waals surface area contributed by atoms with Crippen LogP contribution in [0.4, 0.5) is 5.69 Å². The first-order valence-corrected chi connectivity index (χ1v) is 9.87. The lowest BCUT2D eigenvalue weighted by molar-refractivity contribution is -0.116. The molecule has 0 atom stereocenters. The molecule has 0 aliphatic carbocycles. The number of hydrogen-bond acceptors (Lipinski definition) is 4. The predicted molar refractivity (Wildman–Crippen MR) is 114 cm³/mol. The Kier molecular flexibility index (Phi) is 4.98. The number of carbonyl (C=O) groups excluding carboxylic acids is 1. The lowest BCUT2D eigenvalue weighted by Gasteiger charge is -2.10. The van der Waals surface area contributed by atoms with Crippen LogP contribution in [0.5, 0.6) is 0 Å². The maximum atomic E-state index is 12.8. The highest BCUT2D eigenvalue weighted by Crippen LogP contribution is 2.30. The second kappa shape index (κ2) is 7.58. The molecule has 2 heterocycles. The van der Waals surface area contributed by atoms with Gasteiger partial charge in [-0.15, -0.1) is 11.3 Å². The average Bonchev–Trinajstić information content (AvgIpc) is 3.13. The van der Waals surface area contributed by atoms with Crippen molar-refractivity contribution in [1.82, 2.24) is 9.55 Å². The molecule has 0 unspecified atom stereocenters. The molecular weight excluding hydrogens is 394 g/mol. The minimum Gasteiger partial charge on any atom is -0.324 e. The van der Waals surface area contributed by atoms with Gasteiger partial charge in [0.15, 0.2) is 0 Å². The van der Waals surface area contributed by atoms with Crippen molar-refractivity contribution in [1.29, 1.82) is 0 Å². The van der Waals surface area contributed by atoms with Gasteiger partial charge in [0.05, 0.1) is 11.8 Å². The van der Waals surface area contributed by atoms with Gasteiger partial charge < -0.3 is 5.32 Å². The van der Waals surface area contributed by atoms with Crippen molar-refractivity contribution in [3.63, 3.8) is 0 Å². The largest absolute Gasteiger partial charge is 0.324 e. The summed E-state index contributed by atoms with van der Waals surface area (Å²) < 4.78 is 1.86. The number of anilines is 1. The normalized spacial score (nSPS) is 10.9. The van der Waals surface area contributed by atoms with Crippen molar-refractivity contribution >= 4 is 44.7 Å². The number of fused-ring (bicyclic) bond motifs is 1. The summed E-state index contributed by atoms with van der Waals surface area (Å²) in [6.45, 7) is 1.71. The molecule has 1 amide bonds. The van der Waals surface area contributed by atoms with Crippen molar-refractivity contribution in [2.24, 2.45) is 0 Å². The fourth-order valence-electron chi connectivity index (χ4n) is 2.96. The highest BCUT2D eigenvalue weighted by Gasteiger charge is 2.14. The van der Waals surface area contributed by atoms with Gasteiger partial charge in [0.1, 0.15) is 11.2 Å². The second-order valence-corrected chi connectivity index (χ2v) is 7.62. The van der Waals surface area contributed by atoms with Gasteiger partial charge in [0, 0.05) is 21.7 Å². The van der Waals surface area contributed by atoms with Crippen molar-refractivity contribution < 1.29 is 4.79 Å². The topological polar surface area (TPSA) is 64.0 Å². The van der Waals surface area contributed by atoms with Gasteiger partial charge in [0.25, 0.3) is 5.56 Å². The Bertz CT molecular complexity index is 1230. The molecule has 4 aromatic rings. The highest BCUT2D eigenvalue weighted by atomic mass is 35.5. The molecular formula is C21H16ClN3O2S. The summed E-state index contributed by atoms with van der Waals surface area (Å²) in [4.78, 5) is 29.7. The van der Waals surface area contributed by atoms with Crippen LogP contribution >= 0.6 is 22.9 Å². The van der Waals surface area contributed by atoms with Crippen molar-refractivity contribution in [3.8, 4) is 11.1 Å². The van der Waals surface area contributed by atoms with E-state index in [9.17, 15) is 9.59 Å². The maximum absolute atomic E-state index is 12.8. The zero-order chi connectivity index (χ0) is 19.7. The number of nitrogens with one attached hydrogen (secondary N) is 1. The molecule has 0 saturated carbocycles. The monoisotopic (exact) mass is 409 g/mol. The summed E-state index contributed by atoms with van der Waals surface area (Å²) >= 11 is 7.43. The van der Waals surface area contributed by atoms with Gasteiger partial charge in [-0.2, -0.15) is 0 Å². The number of amides is 1. The van der Waals surface area contributed by atoms with Crippen LogP contribution in [0.15, 0.2) is 65.0 Å². The molecule has 4 rings (SSSR count). The van der Waals surface area contributed by atoms with E-state index < -0.39 is 0 Å². The SMILES string of the molecule is Cc1c(Cl)cccc1NC(=O)Cn1cnc2c(-c3ccccc3)csc2c1=O. The van der Waals surface area contributed by atoms with E-state index in [0.29, 0.717) is 20.9 Å². The molecule has 2 aromatic carbocycles. The lowest BCUT2D eigenvalue weighted by Crippen LogP contribution is -2.27. The Morgan fingerprint density at radius 3 is 2.75 bits per heavy atom. The van der Waals surface area contributed by atoms with Crippen molar-refractivity contribution in [3.05, 3.63) is 81.2 Å². The molecule has 5 nitrogen and oxygen atoms in total. The Morgan fingerprint density at radius 1 is 1.18 bits per heavy atom. The van der Waals surface area contributed by atoms with Crippen molar-refractivity contribution in [2.75, 3.05) is 5.32 Å². The first-order chi connectivity index (χ1) is 13.5. The maximum Gasteiger partial charge on any atom is 0.271 e. The molecule has 1 N–H and O–H groups in total. The molecule has 140 valence electrons. The number of hydrogen-bond donors (Lipinski definition) is 1. The number of halogens is 1. The van der Waals surface area contributed by atoms with Gasteiger partial charge >= 0.3 is 0 Å². The minimum absolute atomic E-state index is 0.119. The number of thiophene rings is 1. The third-order valence-electron chi connectivity index (χ3n) is 4.49. The molecule has 7 heteroatoms. The molecule has 0 radical (unpaired) electrons. The summed E-state index contributed by atoms with van der Waals surface area (Å²) in [5, 5.41) is 5.30. The zero-order valence-electron chi connectivity index (χ0n) is 15.0. The summed E-state index contributed by atoms with van der Waals surface area (Å²) in [7, 11) is 0. The van der Waals surface area contributed by atoms with Gasteiger partial charge in [-0.3, -0.25) is 14.2 Å². The van der Waals surface area contributed by atoms with Crippen LogP contribution in [0, 0.1) is 6.92 Å². The second-order valence-electron chi connectivity index (χ2n) is 6.33. The van der Waals surface area contributed by atoms with Crippen molar-refractivity contribution in [2.45, 2.75) is 13.5 Å². The van der Waals surface area contributed by atoms with E-state index in [1.165, 1.54) is 22.2 Å². The standard InChI is InChI=1S/C21H16ClN3O2S/c1-13-16(22)8-5-9-17(13)24-18(26)10-25-12-23-19-15(11-28-20(19)21(25)27)14-6-3-2-4-7-14/h2-9,11-12H,10H2,1H3,(H,24,26). The third kappa shape index (κ3) is 3.44. The number of nitrogens with zero attached hydrogens (tertiary/aromatic N) is 2. The van der Waals surface area contributed by atoms with Crippen LogP contribution in [0.25, 0.3) is 21.3 Å². The minimum atomic E-state index is -0.312. The van der Waals surface area contributed by atoms with Crippen LogP contribution in [-0.4, -0.2) is 15.5 Å². The number of benzene rings is 2. The van der Waals surface area contributed by atoms with E-state index in [1.807, 2.05) is 42.6 Å². The molecule has 0 aliphatic heterocycles. The van der Waals surface area contributed by atoms with Crippen LogP contribution in [0.2, 0.25) is 5.02 Å². The number of rotatable bonds is 4. The summed E-state index contributed by atoms with van der Waals surface area (Å²) in [5.74, 6) is -0.312. The molecule has 0 aliphatic rings. The molecule has 0 spiro atoms. The van der Waals surface area contributed by atoms with Crippen LogP contribution in [0.3, 0.4) is 0 Å². The first kappa shape index (κ1) is 18.4. The lowest BCUT2D eigenvalue weighted by atomic mass is 10.1. The molecule has 2 aromatic heterocycles. The third-order valence-corrected chi connectivity index (χ3v) is 5.85. The molecule has 28 heavy (non-hydrogen) atoms. The average molecular weight is 410 g/mol. The van der Waals surface area contributed by atoms with Crippen LogP contribution < -0.4 is 10.9 Å². The smallest absolute Gasteiger partial charge is 0.271 e. The summed E-state index contributed by atoms with van der Waals surface area (Å²) in [5.41, 5.74) is 3.77. The Hall–Kier alpha value is -2.96. The Morgan fingerprint density at radius 2 is 1.96 bits per heavy atom. The Balaban J connectivity index is 1.61. The quantitative estimate of drug-likeness (QED) is 0.530. The van der Waals surface area contributed by atoms with E-state index in [4.69, 9.17) is 11.6 Å². The van der Waals surface area contributed by atoms with E-state index in [-0.39, 0.29) is 18.0 Å². The van der Waals surface area contributed by atoms with Gasteiger partial charge in [0.2, 0.25) is 5.91 Å². The molecule has 0 saturated heterocycles. The van der Waals surface area contributed by atoms with E-state index in [1.54, 1.807) is 18.2 Å². The fraction of sp³-hybridized carbons (Fsp3) is 0.0952. The van der Waals surface area contributed by atoms with Crippen LogP contribution in [0.1, 0.15) is 5.56 Å². The summed E-state index contributed by atoms with van der Waals surface area (Å²) in [6.07, 6.45) is 1.42. The summed E-state index contributed by atoms with van der Waals surface area (Å²) in [6, 6.07) is 15.1. The van der Waals surface area contributed by atoms with Crippen LogP contribution in [-0.2, 0) is 11.3 Å².